The largest absolute Gasteiger partial charge is 0.481 e. The molecule has 0 fully saturated rings. The summed E-state index contributed by atoms with van der Waals surface area (Å²) in [5.41, 5.74) is 3.43. The first-order chi connectivity index (χ1) is 10.5. The molecule has 5 heteroatoms. The molecule has 22 heavy (non-hydrogen) atoms. The van der Waals surface area contributed by atoms with E-state index >= 15 is 0 Å². The van der Waals surface area contributed by atoms with E-state index < -0.39 is 5.97 Å². The normalized spacial score (nSPS) is 10.8. The molecule has 0 atom stereocenters. The van der Waals surface area contributed by atoms with E-state index in [1.807, 2.05) is 19.2 Å². The van der Waals surface area contributed by atoms with Crippen molar-refractivity contribution in [3.63, 3.8) is 0 Å². The molecule has 1 amide bonds. The number of H-pyrrole nitrogens is 1. The number of benzene rings is 1. The molecule has 0 aliphatic carbocycles. The molecular weight excluding hydrogens is 280 g/mol. The van der Waals surface area contributed by atoms with Crippen molar-refractivity contribution in [2.24, 2.45) is 0 Å². The van der Waals surface area contributed by atoms with E-state index in [1.165, 1.54) is 5.56 Å². The standard InChI is InChI=1S/C17H22N2O3/c1-3-19(10-9-16(21)22)15(20)8-7-13-11-18-17-12(2)5-4-6-14(13)17/h4-6,11,18H,3,7-10H2,1-2H3,(H,21,22). The lowest BCUT2D eigenvalue weighted by atomic mass is 10.1. The summed E-state index contributed by atoms with van der Waals surface area (Å²) in [5, 5.41) is 9.88. The van der Waals surface area contributed by atoms with Crippen LogP contribution in [0.1, 0.15) is 30.9 Å². The van der Waals surface area contributed by atoms with Crippen LogP contribution in [-0.4, -0.2) is 40.0 Å². The van der Waals surface area contributed by atoms with Gasteiger partial charge in [0.05, 0.1) is 6.42 Å². The van der Waals surface area contributed by atoms with E-state index in [-0.39, 0.29) is 18.9 Å². The van der Waals surface area contributed by atoms with E-state index in [0.29, 0.717) is 19.4 Å². The zero-order valence-electron chi connectivity index (χ0n) is 13.1. The Kier molecular flexibility index (Phi) is 5.20. The lowest BCUT2D eigenvalue weighted by molar-refractivity contribution is -0.138. The molecule has 0 radical (unpaired) electrons. The number of fused-ring (bicyclic) bond motifs is 1. The van der Waals surface area contributed by atoms with Crippen LogP contribution in [0.5, 0.6) is 0 Å². The van der Waals surface area contributed by atoms with E-state index in [2.05, 4.69) is 24.0 Å². The highest BCUT2D eigenvalue weighted by molar-refractivity contribution is 5.86. The zero-order chi connectivity index (χ0) is 16.1. The summed E-state index contributed by atoms with van der Waals surface area (Å²) in [6.07, 6.45) is 3.00. The van der Waals surface area contributed by atoms with Crippen LogP contribution in [0.3, 0.4) is 0 Å². The third-order valence-electron chi connectivity index (χ3n) is 3.95. The lowest BCUT2D eigenvalue weighted by Gasteiger charge is -2.19. The van der Waals surface area contributed by atoms with Gasteiger partial charge >= 0.3 is 5.97 Å². The second kappa shape index (κ2) is 7.11. The maximum absolute atomic E-state index is 12.2. The minimum atomic E-state index is -0.877. The van der Waals surface area contributed by atoms with Crippen LogP contribution in [0.4, 0.5) is 0 Å². The van der Waals surface area contributed by atoms with Crippen molar-refractivity contribution in [3.05, 3.63) is 35.5 Å². The number of carbonyl (C=O) groups excluding carboxylic acids is 1. The first-order valence-electron chi connectivity index (χ1n) is 7.58. The molecule has 0 bridgehead atoms. The van der Waals surface area contributed by atoms with E-state index in [9.17, 15) is 9.59 Å². The van der Waals surface area contributed by atoms with Gasteiger partial charge in [0.1, 0.15) is 0 Å². The van der Waals surface area contributed by atoms with Crippen molar-refractivity contribution in [1.29, 1.82) is 0 Å². The predicted molar refractivity (Wildman–Crippen MR) is 85.9 cm³/mol. The Morgan fingerprint density at radius 1 is 1.27 bits per heavy atom. The summed E-state index contributed by atoms with van der Waals surface area (Å²) in [5.74, 6) is -0.871. The Hall–Kier alpha value is -2.30. The van der Waals surface area contributed by atoms with Gasteiger partial charge in [-0.25, -0.2) is 0 Å². The molecule has 0 spiro atoms. The van der Waals surface area contributed by atoms with Crippen LogP contribution in [-0.2, 0) is 16.0 Å². The molecule has 1 aromatic heterocycles. The number of aromatic amines is 1. The third-order valence-corrected chi connectivity index (χ3v) is 3.95. The monoisotopic (exact) mass is 302 g/mol. The number of nitrogens with zero attached hydrogens (tertiary/aromatic N) is 1. The number of amides is 1. The van der Waals surface area contributed by atoms with Crippen LogP contribution >= 0.6 is 0 Å². The minimum absolute atomic E-state index is 0.00533. The van der Waals surface area contributed by atoms with Gasteiger partial charge in [-0.05, 0) is 31.4 Å². The summed E-state index contributed by atoms with van der Waals surface area (Å²) >= 11 is 0. The Morgan fingerprint density at radius 2 is 2.05 bits per heavy atom. The molecule has 0 saturated carbocycles. The highest BCUT2D eigenvalue weighted by Gasteiger charge is 2.14. The van der Waals surface area contributed by atoms with Gasteiger partial charge in [0.15, 0.2) is 0 Å². The number of hydrogen-bond donors (Lipinski definition) is 2. The van der Waals surface area contributed by atoms with Crippen LogP contribution in [0.15, 0.2) is 24.4 Å². The molecule has 5 nitrogen and oxygen atoms in total. The van der Waals surface area contributed by atoms with Gasteiger partial charge in [0, 0.05) is 36.6 Å². The van der Waals surface area contributed by atoms with Crippen molar-refractivity contribution >= 4 is 22.8 Å². The molecule has 2 rings (SSSR count). The minimum Gasteiger partial charge on any atom is -0.481 e. The molecule has 1 heterocycles. The van der Waals surface area contributed by atoms with Gasteiger partial charge in [0.25, 0.3) is 0 Å². The zero-order valence-corrected chi connectivity index (χ0v) is 13.1. The second-order valence-corrected chi connectivity index (χ2v) is 5.43. The van der Waals surface area contributed by atoms with Gasteiger partial charge in [-0.15, -0.1) is 0 Å². The predicted octanol–water partition coefficient (Wildman–Crippen LogP) is 2.73. The van der Waals surface area contributed by atoms with Crippen LogP contribution in [0, 0.1) is 6.92 Å². The van der Waals surface area contributed by atoms with Crippen molar-refractivity contribution in [2.75, 3.05) is 13.1 Å². The van der Waals surface area contributed by atoms with Gasteiger partial charge in [-0.2, -0.15) is 0 Å². The van der Waals surface area contributed by atoms with Gasteiger partial charge < -0.3 is 15.0 Å². The molecule has 2 N–H and O–H groups in total. The maximum atomic E-state index is 12.2. The van der Waals surface area contributed by atoms with Crippen molar-refractivity contribution in [2.45, 2.75) is 33.1 Å². The summed E-state index contributed by atoms with van der Waals surface area (Å²) in [6.45, 7) is 4.74. The summed E-state index contributed by atoms with van der Waals surface area (Å²) in [4.78, 5) is 27.7. The van der Waals surface area contributed by atoms with E-state index in [4.69, 9.17) is 5.11 Å². The Morgan fingerprint density at radius 3 is 2.73 bits per heavy atom. The van der Waals surface area contributed by atoms with Gasteiger partial charge in [-0.3, -0.25) is 9.59 Å². The lowest BCUT2D eigenvalue weighted by Crippen LogP contribution is -2.32. The fourth-order valence-corrected chi connectivity index (χ4v) is 2.66. The van der Waals surface area contributed by atoms with Gasteiger partial charge in [-0.1, -0.05) is 18.2 Å². The number of aliphatic carboxylic acids is 1. The maximum Gasteiger partial charge on any atom is 0.305 e. The number of rotatable bonds is 7. The fraction of sp³-hybridized carbons (Fsp3) is 0.412. The smallest absolute Gasteiger partial charge is 0.305 e. The molecule has 2 aromatic rings. The average Bonchev–Trinajstić information content (AvgIpc) is 2.90. The first-order valence-corrected chi connectivity index (χ1v) is 7.58. The molecule has 0 saturated heterocycles. The molecule has 0 unspecified atom stereocenters. The highest BCUT2D eigenvalue weighted by Crippen LogP contribution is 2.22. The molecule has 118 valence electrons. The number of aryl methyl sites for hydroxylation is 2. The summed E-state index contributed by atoms with van der Waals surface area (Å²) < 4.78 is 0. The number of carboxylic acids is 1. The number of para-hydroxylation sites is 1. The molecule has 0 aliphatic heterocycles. The van der Waals surface area contributed by atoms with E-state index in [0.717, 1.165) is 16.5 Å². The Bertz CT molecular complexity index is 676. The van der Waals surface area contributed by atoms with Crippen LogP contribution in [0.25, 0.3) is 10.9 Å². The van der Waals surface area contributed by atoms with Crippen molar-refractivity contribution < 1.29 is 14.7 Å². The van der Waals surface area contributed by atoms with Crippen LogP contribution in [0.2, 0.25) is 0 Å². The molecule has 1 aromatic carbocycles. The number of carbonyl (C=O) groups is 2. The number of aromatic nitrogens is 1. The first kappa shape index (κ1) is 16.1. The van der Waals surface area contributed by atoms with E-state index in [1.54, 1.807) is 4.90 Å². The Balaban J connectivity index is 2.00. The second-order valence-electron chi connectivity index (χ2n) is 5.43. The summed E-state index contributed by atoms with van der Waals surface area (Å²) in [7, 11) is 0. The number of carboxylic acid groups (broad SMARTS) is 1. The third kappa shape index (κ3) is 3.67. The number of hydrogen-bond acceptors (Lipinski definition) is 2. The van der Waals surface area contributed by atoms with Crippen molar-refractivity contribution in [3.8, 4) is 0 Å². The molecular formula is C17H22N2O3. The average molecular weight is 302 g/mol. The van der Waals surface area contributed by atoms with Crippen LogP contribution < -0.4 is 0 Å². The molecule has 0 aliphatic rings. The summed E-state index contributed by atoms with van der Waals surface area (Å²) in [6, 6.07) is 6.13. The van der Waals surface area contributed by atoms with Crippen molar-refractivity contribution in [1.82, 2.24) is 9.88 Å². The fourth-order valence-electron chi connectivity index (χ4n) is 2.66. The SMILES string of the molecule is CCN(CCC(=O)O)C(=O)CCc1c[nH]c2c(C)cccc12. The van der Waals surface area contributed by atoms with Gasteiger partial charge in [0.2, 0.25) is 5.91 Å². The highest BCUT2D eigenvalue weighted by atomic mass is 16.4. The Labute approximate surface area is 129 Å². The number of nitrogens with one attached hydrogen (secondary N) is 1. The topological polar surface area (TPSA) is 73.4 Å². The quantitative estimate of drug-likeness (QED) is 0.826.